The number of halogens is 4. The van der Waals surface area contributed by atoms with Crippen molar-refractivity contribution in [1.29, 1.82) is 0 Å². The van der Waals surface area contributed by atoms with Crippen molar-refractivity contribution in [3.63, 3.8) is 0 Å². The first-order valence-electron chi connectivity index (χ1n) is 12.1. The Morgan fingerprint density at radius 1 is 1.02 bits per heavy atom. The third-order valence-corrected chi connectivity index (χ3v) is 5.67. The van der Waals surface area contributed by atoms with Crippen LogP contribution in [-0.2, 0) is 11.4 Å². The smallest absolute Gasteiger partial charge is 0.490 e. The van der Waals surface area contributed by atoms with E-state index < -0.39 is 12.1 Å². The van der Waals surface area contributed by atoms with Crippen molar-refractivity contribution in [2.24, 2.45) is 0 Å². The fourth-order valence-corrected chi connectivity index (χ4v) is 3.59. The first-order chi connectivity index (χ1) is 19.6. The Kier molecular flexibility index (Phi) is 11.4. The summed E-state index contributed by atoms with van der Waals surface area (Å²) < 4.78 is 43.6. The molecular formula is C27H27ClF3N5O5. The Hall–Kier alpha value is -4.20. The molecule has 0 spiro atoms. The molecule has 4 aromatic rings. The molecule has 0 aliphatic heterocycles. The van der Waals surface area contributed by atoms with Gasteiger partial charge in [-0.25, -0.2) is 14.8 Å². The summed E-state index contributed by atoms with van der Waals surface area (Å²) in [5.41, 5.74) is 2.34. The molecule has 0 saturated carbocycles. The number of hydrogen-bond donors (Lipinski definition) is 3. The van der Waals surface area contributed by atoms with Gasteiger partial charge in [-0.1, -0.05) is 23.7 Å². The lowest BCUT2D eigenvalue weighted by Gasteiger charge is -2.17. The highest BCUT2D eigenvalue weighted by Crippen LogP contribution is 2.34. The second kappa shape index (κ2) is 15.0. The fourth-order valence-electron chi connectivity index (χ4n) is 3.36. The van der Waals surface area contributed by atoms with Gasteiger partial charge in [0.15, 0.2) is 0 Å². The minimum atomic E-state index is -5.08. The largest absolute Gasteiger partial charge is 0.491 e. The van der Waals surface area contributed by atoms with Gasteiger partial charge >= 0.3 is 12.1 Å². The second-order valence-electron chi connectivity index (χ2n) is 8.43. The van der Waals surface area contributed by atoms with Crippen molar-refractivity contribution >= 4 is 40.0 Å². The van der Waals surface area contributed by atoms with E-state index in [1.807, 2.05) is 60.5 Å². The van der Waals surface area contributed by atoms with Gasteiger partial charge in [0.1, 0.15) is 36.9 Å². The second-order valence-corrected chi connectivity index (χ2v) is 8.84. The van der Waals surface area contributed by atoms with Crippen LogP contribution >= 0.6 is 11.6 Å². The number of nitrogens with zero attached hydrogens (tertiary/aromatic N) is 4. The number of nitrogens with one attached hydrogen (secondary N) is 1. The van der Waals surface area contributed by atoms with Crippen LogP contribution in [-0.4, -0.2) is 75.6 Å². The highest BCUT2D eigenvalue weighted by molar-refractivity contribution is 6.32. The van der Waals surface area contributed by atoms with Crippen molar-refractivity contribution in [3.05, 3.63) is 77.8 Å². The summed E-state index contributed by atoms with van der Waals surface area (Å²) >= 11 is 6.47. The minimum absolute atomic E-state index is 0.113. The van der Waals surface area contributed by atoms with Gasteiger partial charge in [-0.05, 0) is 49.5 Å². The molecule has 0 bridgehead atoms. The molecular weight excluding hydrogens is 567 g/mol. The first kappa shape index (κ1) is 31.3. The topological polar surface area (TPSA) is 130 Å². The fraction of sp³-hybridized carbons (Fsp3) is 0.259. The Balaban J connectivity index is 0.000000587. The van der Waals surface area contributed by atoms with Crippen LogP contribution in [0.2, 0.25) is 5.02 Å². The highest BCUT2D eigenvalue weighted by atomic mass is 35.5. The van der Waals surface area contributed by atoms with Crippen molar-refractivity contribution in [2.45, 2.75) is 12.8 Å². The number of ether oxygens (including phenoxy) is 2. The molecule has 2 aromatic heterocycles. The molecule has 0 amide bonds. The number of carbonyl (C=O) groups is 1. The molecule has 0 radical (unpaired) electrons. The average Bonchev–Trinajstić information content (AvgIpc) is 2.93. The number of carboxylic acid groups (broad SMARTS) is 1. The zero-order valence-corrected chi connectivity index (χ0v) is 22.6. The van der Waals surface area contributed by atoms with E-state index in [9.17, 15) is 13.2 Å². The molecule has 10 nitrogen and oxygen atoms in total. The van der Waals surface area contributed by atoms with E-state index in [2.05, 4.69) is 20.3 Å². The molecule has 218 valence electrons. The van der Waals surface area contributed by atoms with Crippen molar-refractivity contribution in [1.82, 2.24) is 19.9 Å². The number of benzene rings is 2. The number of aliphatic hydroxyl groups excluding tert-OH is 1. The number of alkyl halides is 3. The number of carboxylic acids is 1. The Bertz CT molecular complexity index is 1420. The summed E-state index contributed by atoms with van der Waals surface area (Å²) in [5, 5.41) is 20.8. The summed E-state index contributed by atoms with van der Waals surface area (Å²) in [6, 6.07) is 16.9. The van der Waals surface area contributed by atoms with Gasteiger partial charge in [-0.2, -0.15) is 13.2 Å². The van der Waals surface area contributed by atoms with E-state index >= 15 is 0 Å². The summed E-state index contributed by atoms with van der Waals surface area (Å²) in [7, 11) is 1.94. The predicted octanol–water partition coefficient (Wildman–Crippen LogP) is 4.94. The molecule has 0 saturated heterocycles. The zero-order valence-electron chi connectivity index (χ0n) is 21.8. The summed E-state index contributed by atoms with van der Waals surface area (Å²) in [4.78, 5) is 24.0. The highest BCUT2D eigenvalue weighted by Gasteiger charge is 2.38. The van der Waals surface area contributed by atoms with E-state index in [4.69, 9.17) is 36.1 Å². The number of likely N-dealkylation sites (N-methyl/N-ethyl adjacent to an activating group) is 1. The van der Waals surface area contributed by atoms with Crippen LogP contribution in [0.3, 0.4) is 0 Å². The summed E-state index contributed by atoms with van der Waals surface area (Å²) in [5.74, 6) is -0.893. The zero-order chi connectivity index (χ0) is 29.8. The minimum Gasteiger partial charge on any atom is -0.491 e. The lowest BCUT2D eigenvalue weighted by molar-refractivity contribution is -0.192. The van der Waals surface area contributed by atoms with Crippen molar-refractivity contribution in [2.75, 3.05) is 38.7 Å². The van der Waals surface area contributed by atoms with Crippen LogP contribution in [0.4, 0.5) is 24.7 Å². The van der Waals surface area contributed by atoms with Gasteiger partial charge in [-0.3, -0.25) is 4.98 Å². The van der Waals surface area contributed by atoms with Crippen LogP contribution in [0, 0.1) is 0 Å². The molecule has 0 aliphatic rings. The molecule has 2 aromatic carbocycles. The molecule has 2 heterocycles. The summed E-state index contributed by atoms with van der Waals surface area (Å²) in [6.45, 7) is 2.19. The predicted molar refractivity (Wildman–Crippen MR) is 147 cm³/mol. The van der Waals surface area contributed by atoms with Crippen molar-refractivity contribution in [3.8, 4) is 11.5 Å². The number of pyridine rings is 1. The van der Waals surface area contributed by atoms with Crippen LogP contribution in [0.25, 0.3) is 10.9 Å². The molecule has 4 rings (SSSR count). The van der Waals surface area contributed by atoms with E-state index in [0.29, 0.717) is 48.6 Å². The molecule has 0 atom stereocenters. The van der Waals surface area contributed by atoms with Gasteiger partial charge in [-0.15, -0.1) is 0 Å². The number of fused-ring (bicyclic) bond motifs is 1. The molecule has 0 aliphatic carbocycles. The average molecular weight is 594 g/mol. The summed E-state index contributed by atoms with van der Waals surface area (Å²) in [6.07, 6.45) is -1.85. The standard InChI is InChI=1S/C25H26ClN5O3.C2HF3O2/c1-31(11-13-32)12-14-33-23-7-4-6-21-24(23)25(29-17-28-21)30-18-8-9-22(20(26)15-18)34-16-19-5-2-3-10-27-19;3-2(4,5)1(6)7/h2-10,15,17,32H,11-14,16H2,1H3,(H,28,29,30);(H,6,7). The van der Waals surface area contributed by atoms with E-state index in [1.54, 1.807) is 12.3 Å². The molecule has 14 heteroatoms. The van der Waals surface area contributed by atoms with Crippen LogP contribution < -0.4 is 14.8 Å². The number of aliphatic hydroxyl groups is 1. The van der Waals surface area contributed by atoms with Crippen LogP contribution in [0.15, 0.2) is 67.1 Å². The quantitative estimate of drug-likeness (QED) is 0.220. The first-order valence-corrected chi connectivity index (χ1v) is 12.5. The third kappa shape index (κ3) is 9.74. The molecule has 0 unspecified atom stereocenters. The van der Waals surface area contributed by atoms with Crippen molar-refractivity contribution < 1.29 is 37.7 Å². The van der Waals surface area contributed by atoms with Gasteiger partial charge in [0.2, 0.25) is 0 Å². The molecule has 0 fully saturated rings. The lowest BCUT2D eigenvalue weighted by Crippen LogP contribution is -2.27. The maximum Gasteiger partial charge on any atom is 0.490 e. The Morgan fingerprint density at radius 3 is 2.46 bits per heavy atom. The van der Waals surface area contributed by atoms with E-state index in [-0.39, 0.29) is 6.61 Å². The monoisotopic (exact) mass is 593 g/mol. The number of aromatic nitrogens is 3. The van der Waals surface area contributed by atoms with Crippen LogP contribution in [0.1, 0.15) is 5.69 Å². The van der Waals surface area contributed by atoms with Gasteiger partial charge < -0.3 is 29.9 Å². The lowest BCUT2D eigenvalue weighted by atomic mass is 10.2. The Labute approximate surface area is 238 Å². The number of hydrogen-bond acceptors (Lipinski definition) is 9. The van der Waals surface area contributed by atoms with Gasteiger partial charge in [0, 0.05) is 25.0 Å². The normalized spacial score (nSPS) is 11.1. The Morgan fingerprint density at radius 2 is 1.80 bits per heavy atom. The number of anilines is 2. The third-order valence-electron chi connectivity index (χ3n) is 5.38. The maximum atomic E-state index is 10.6. The van der Waals surface area contributed by atoms with Gasteiger partial charge in [0.25, 0.3) is 0 Å². The molecule has 3 N–H and O–H groups in total. The SMILES string of the molecule is CN(CCO)CCOc1cccc2ncnc(Nc3ccc(OCc4ccccn4)c(Cl)c3)c12.O=C(O)C(F)(F)F. The van der Waals surface area contributed by atoms with E-state index in [1.165, 1.54) is 6.33 Å². The number of aliphatic carboxylic acids is 1. The number of rotatable bonds is 11. The van der Waals surface area contributed by atoms with E-state index in [0.717, 1.165) is 22.3 Å². The molecule has 41 heavy (non-hydrogen) atoms. The van der Waals surface area contributed by atoms with Gasteiger partial charge in [0.05, 0.1) is 28.2 Å². The van der Waals surface area contributed by atoms with Crippen LogP contribution in [0.5, 0.6) is 11.5 Å². The maximum absolute atomic E-state index is 10.6.